The average Bonchev–Trinajstić information content (AvgIpc) is 2.71. The number of sulfonamides is 1. The summed E-state index contributed by atoms with van der Waals surface area (Å²) >= 11 is 3.40. The van der Waals surface area contributed by atoms with E-state index >= 15 is 0 Å². The molecule has 32 heavy (non-hydrogen) atoms. The SMILES string of the molecule is Cc1cc(C)c(S(=O)(=O)N(CC(=O)N/N=C/c2cccc(Br)c2)C2CCCCC2)c(C)c1. The van der Waals surface area contributed by atoms with Gasteiger partial charge in [0.1, 0.15) is 0 Å². The number of hydrogen-bond acceptors (Lipinski definition) is 4. The van der Waals surface area contributed by atoms with Gasteiger partial charge in [-0.15, -0.1) is 0 Å². The van der Waals surface area contributed by atoms with Crippen LogP contribution in [0.4, 0.5) is 0 Å². The zero-order chi connectivity index (χ0) is 23.3. The molecule has 8 heteroatoms. The zero-order valence-electron chi connectivity index (χ0n) is 18.8. The van der Waals surface area contributed by atoms with Crippen LogP contribution in [0.15, 0.2) is 50.9 Å². The average molecular weight is 520 g/mol. The Hall–Kier alpha value is -2.03. The van der Waals surface area contributed by atoms with Crippen LogP contribution in [0.1, 0.15) is 54.4 Å². The van der Waals surface area contributed by atoms with Crippen LogP contribution in [0.25, 0.3) is 0 Å². The van der Waals surface area contributed by atoms with Gasteiger partial charge in [0.25, 0.3) is 5.91 Å². The number of rotatable bonds is 7. The molecule has 2 aromatic rings. The van der Waals surface area contributed by atoms with Crippen LogP contribution in [0.3, 0.4) is 0 Å². The minimum Gasteiger partial charge on any atom is -0.272 e. The maximum Gasteiger partial charge on any atom is 0.255 e. The number of benzene rings is 2. The number of amides is 1. The lowest BCUT2D eigenvalue weighted by atomic mass is 9.95. The maximum absolute atomic E-state index is 13.8. The van der Waals surface area contributed by atoms with Crippen molar-refractivity contribution in [1.29, 1.82) is 0 Å². The van der Waals surface area contributed by atoms with Gasteiger partial charge in [0.15, 0.2) is 0 Å². The van der Waals surface area contributed by atoms with Crippen LogP contribution in [0.5, 0.6) is 0 Å². The number of carbonyl (C=O) groups excluding carboxylic acids is 1. The van der Waals surface area contributed by atoms with Crippen molar-refractivity contribution in [2.24, 2.45) is 5.10 Å². The van der Waals surface area contributed by atoms with Crippen molar-refractivity contribution in [2.45, 2.75) is 63.8 Å². The molecule has 0 unspecified atom stereocenters. The van der Waals surface area contributed by atoms with Crippen LogP contribution in [0.2, 0.25) is 0 Å². The van der Waals surface area contributed by atoms with Gasteiger partial charge in [-0.05, 0) is 62.4 Å². The number of hydrogen-bond donors (Lipinski definition) is 1. The summed E-state index contributed by atoms with van der Waals surface area (Å²) < 4.78 is 29.8. The fourth-order valence-corrected chi connectivity index (χ4v) is 6.89. The summed E-state index contributed by atoms with van der Waals surface area (Å²) in [7, 11) is -3.84. The van der Waals surface area contributed by atoms with Gasteiger partial charge in [0.2, 0.25) is 10.0 Å². The molecule has 1 aliphatic rings. The number of carbonyl (C=O) groups is 1. The topological polar surface area (TPSA) is 78.8 Å². The molecule has 172 valence electrons. The number of nitrogens with zero attached hydrogens (tertiary/aromatic N) is 2. The quantitative estimate of drug-likeness (QED) is 0.419. The Kier molecular flexibility index (Phi) is 8.25. The van der Waals surface area contributed by atoms with Crippen molar-refractivity contribution in [2.75, 3.05) is 6.54 Å². The number of halogens is 1. The predicted octanol–water partition coefficient (Wildman–Crippen LogP) is 4.85. The smallest absolute Gasteiger partial charge is 0.255 e. The zero-order valence-corrected chi connectivity index (χ0v) is 21.2. The van der Waals surface area contributed by atoms with E-state index < -0.39 is 15.9 Å². The van der Waals surface area contributed by atoms with Gasteiger partial charge in [-0.25, -0.2) is 13.8 Å². The lowest BCUT2D eigenvalue weighted by molar-refractivity contribution is -0.121. The van der Waals surface area contributed by atoms with Gasteiger partial charge in [-0.3, -0.25) is 4.79 Å². The van der Waals surface area contributed by atoms with E-state index in [1.54, 1.807) is 0 Å². The van der Waals surface area contributed by atoms with Crippen LogP contribution in [-0.4, -0.2) is 37.4 Å². The third kappa shape index (κ3) is 6.05. The fourth-order valence-electron chi connectivity index (χ4n) is 4.41. The van der Waals surface area contributed by atoms with Gasteiger partial charge in [-0.1, -0.05) is 65.0 Å². The molecule has 1 fully saturated rings. The lowest BCUT2D eigenvalue weighted by Crippen LogP contribution is -2.46. The van der Waals surface area contributed by atoms with Crippen molar-refractivity contribution in [3.05, 3.63) is 63.1 Å². The molecule has 1 aliphatic carbocycles. The molecule has 0 spiro atoms. The lowest BCUT2D eigenvalue weighted by Gasteiger charge is -2.33. The highest BCUT2D eigenvalue weighted by Crippen LogP contribution is 2.31. The highest BCUT2D eigenvalue weighted by atomic mass is 79.9. The molecule has 0 saturated heterocycles. The molecule has 1 N–H and O–H groups in total. The molecule has 0 bridgehead atoms. The molecular formula is C24H30BrN3O3S. The van der Waals surface area contributed by atoms with Gasteiger partial charge in [0.05, 0.1) is 17.7 Å². The summed E-state index contributed by atoms with van der Waals surface area (Å²) in [4.78, 5) is 13.0. The largest absolute Gasteiger partial charge is 0.272 e. The molecule has 6 nitrogen and oxygen atoms in total. The van der Waals surface area contributed by atoms with Crippen molar-refractivity contribution in [3.63, 3.8) is 0 Å². The highest BCUT2D eigenvalue weighted by molar-refractivity contribution is 9.10. The van der Waals surface area contributed by atoms with Gasteiger partial charge < -0.3 is 0 Å². The van der Waals surface area contributed by atoms with Gasteiger partial charge >= 0.3 is 0 Å². The van der Waals surface area contributed by atoms with E-state index in [1.165, 1.54) is 10.5 Å². The Morgan fingerprint density at radius 2 is 1.78 bits per heavy atom. The van der Waals surface area contributed by atoms with E-state index in [4.69, 9.17) is 0 Å². The number of aryl methyl sites for hydroxylation is 3. The van der Waals surface area contributed by atoms with Crippen LogP contribution in [-0.2, 0) is 14.8 Å². The first-order valence-electron chi connectivity index (χ1n) is 10.9. The second-order valence-corrected chi connectivity index (χ2v) is 11.2. The van der Waals surface area contributed by atoms with E-state index in [1.807, 2.05) is 57.2 Å². The monoisotopic (exact) mass is 519 g/mol. The second kappa shape index (κ2) is 10.7. The van der Waals surface area contributed by atoms with E-state index in [0.29, 0.717) is 16.0 Å². The van der Waals surface area contributed by atoms with Crippen molar-refractivity contribution in [1.82, 2.24) is 9.73 Å². The molecule has 3 rings (SSSR count). The Bertz CT molecular complexity index is 1090. The van der Waals surface area contributed by atoms with E-state index in [-0.39, 0.29) is 12.6 Å². The Morgan fingerprint density at radius 3 is 2.41 bits per heavy atom. The molecule has 0 heterocycles. The molecule has 2 aromatic carbocycles. The summed E-state index contributed by atoms with van der Waals surface area (Å²) in [5, 5.41) is 4.02. The Balaban J connectivity index is 1.84. The molecule has 1 amide bonds. The summed E-state index contributed by atoms with van der Waals surface area (Å²) in [5.41, 5.74) is 5.74. The van der Waals surface area contributed by atoms with Crippen LogP contribution < -0.4 is 5.43 Å². The third-order valence-electron chi connectivity index (χ3n) is 5.70. The molecule has 0 atom stereocenters. The van der Waals surface area contributed by atoms with Crippen molar-refractivity contribution in [3.8, 4) is 0 Å². The van der Waals surface area contributed by atoms with E-state index in [9.17, 15) is 13.2 Å². The summed E-state index contributed by atoms with van der Waals surface area (Å²) in [6, 6.07) is 11.1. The maximum atomic E-state index is 13.8. The minimum atomic E-state index is -3.84. The standard InChI is InChI=1S/C24H30BrN3O3S/c1-17-12-18(2)24(19(3)13-17)32(30,31)28(22-10-5-4-6-11-22)16-23(29)27-26-15-20-8-7-9-21(25)14-20/h7-9,12-15,22H,4-6,10-11,16H2,1-3H3,(H,27,29)/b26-15+. The number of hydrazone groups is 1. The third-order valence-corrected chi connectivity index (χ3v) is 8.40. The van der Waals surface area contributed by atoms with Crippen LogP contribution >= 0.6 is 15.9 Å². The predicted molar refractivity (Wildman–Crippen MR) is 131 cm³/mol. The van der Waals surface area contributed by atoms with Gasteiger partial charge in [-0.2, -0.15) is 9.41 Å². The second-order valence-electron chi connectivity index (χ2n) is 8.42. The molecule has 0 radical (unpaired) electrons. The van der Waals surface area contributed by atoms with E-state index in [0.717, 1.165) is 47.7 Å². The Morgan fingerprint density at radius 1 is 1.12 bits per heavy atom. The van der Waals surface area contributed by atoms with Gasteiger partial charge in [0, 0.05) is 10.5 Å². The minimum absolute atomic E-state index is 0.186. The highest BCUT2D eigenvalue weighted by Gasteiger charge is 2.35. The van der Waals surface area contributed by atoms with Crippen LogP contribution in [0, 0.1) is 20.8 Å². The molecule has 0 aliphatic heterocycles. The summed E-state index contributed by atoms with van der Waals surface area (Å²) in [6.45, 7) is 5.32. The fraction of sp³-hybridized carbons (Fsp3) is 0.417. The van der Waals surface area contributed by atoms with Crippen molar-refractivity contribution >= 4 is 38.1 Å². The summed E-state index contributed by atoms with van der Waals surface area (Å²) in [6.07, 6.45) is 6.08. The first-order chi connectivity index (χ1) is 15.2. The molecule has 1 saturated carbocycles. The van der Waals surface area contributed by atoms with E-state index in [2.05, 4.69) is 26.5 Å². The summed E-state index contributed by atoms with van der Waals surface area (Å²) in [5.74, 6) is -0.451. The van der Waals surface area contributed by atoms with Crippen molar-refractivity contribution < 1.29 is 13.2 Å². The first kappa shape index (κ1) is 24.6. The molecular weight excluding hydrogens is 490 g/mol. The first-order valence-corrected chi connectivity index (χ1v) is 13.1. The Labute approximate surface area is 199 Å². The number of nitrogens with one attached hydrogen (secondary N) is 1. The normalized spacial score (nSPS) is 15.4. The molecule has 0 aromatic heterocycles.